The quantitative estimate of drug-likeness (QED) is 0.881. The van der Waals surface area contributed by atoms with Gasteiger partial charge >= 0.3 is 5.97 Å². The van der Waals surface area contributed by atoms with Gasteiger partial charge in [0.2, 0.25) is 11.8 Å². The first kappa shape index (κ1) is 12.8. The number of carbonyl (C=O) groups is 1. The Labute approximate surface area is 114 Å². The number of ether oxygens (including phenoxy) is 2. The number of hydrogen-bond acceptors (Lipinski definition) is 6. The van der Waals surface area contributed by atoms with Crippen LogP contribution >= 0.6 is 0 Å². The number of hydrogen-bond donors (Lipinski definition) is 1. The first-order valence-electron chi connectivity index (χ1n) is 6.04. The van der Waals surface area contributed by atoms with Gasteiger partial charge in [0.25, 0.3) is 0 Å². The number of aromatic nitrogens is 2. The zero-order valence-electron chi connectivity index (χ0n) is 10.5. The van der Waals surface area contributed by atoms with Crippen LogP contribution in [-0.2, 0) is 34.1 Å². The minimum Gasteiger partial charge on any atom is -0.480 e. The molecular formula is C13H12N2O5. The van der Waals surface area contributed by atoms with Gasteiger partial charge in [0.1, 0.15) is 13.2 Å². The number of nitrogens with zero attached hydrogens (tertiary/aromatic N) is 2. The Kier molecular flexibility index (Phi) is 3.44. The highest BCUT2D eigenvalue weighted by Crippen LogP contribution is 2.26. The molecule has 104 valence electrons. The van der Waals surface area contributed by atoms with Gasteiger partial charge in [0.05, 0.1) is 13.2 Å². The van der Waals surface area contributed by atoms with E-state index in [2.05, 4.69) is 10.2 Å². The van der Waals surface area contributed by atoms with E-state index in [-0.39, 0.29) is 12.5 Å². The molecule has 0 aliphatic carbocycles. The number of carboxylic acids is 1. The fourth-order valence-electron chi connectivity index (χ4n) is 1.96. The highest BCUT2D eigenvalue weighted by atomic mass is 16.5. The predicted octanol–water partition coefficient (Wildman–Crippen LogP) is 1.37. The second-order valence-corrected chi connectivity index (χ2v) is 4.36. The lowest BCUT2D eigenvalue weighted by Crippen LogP contribution is -2.06. The summed E-state index contributed by atoms with van der Waals surface area (Å²) in [5.41, 5.74) is 3.09. The average Bonchev–Trinajstić information content (AvgIpc) is 3.05. The molecule has 3 rings (SSSR count). The first-order valence-corrected chi connectivity index (χ1v) is 6.04. The van der Waals surface area contributed by atoms with Crippen molar-refractivity contribution in [2.45, 2.75) is 19.8 Å². The molecule has 0 saturated carbocycles. The predicted molar refractivity (Wildman–Crippen MR) is 65.5 cm³/mol. The van der Waals surface area contributed by atoms with Gasteiger partial charge in [-0.3, -0.25) is 0 Å². The summed E-state index contributed by atoms with van der Waals surface area (Å²) in [4.78, 5) is 10.3. The van der Waals surface area contributed by atoms with E-state index in [1.54, 1.807) is 0 Å². The van der Waals surface area contributed by atoms with E-state index in [1.807, 2.05) is 18.2 Å². The van der Waals surface area contributed by atoms with Crippen LogP contribution in [0.25, 0.3) is 11.5 Å². The van der Waals surface area contributed by atoms with Crippen LogP contribution in [0.15, 0.2) is 22.6 Å². The minimum absolute atomic E-state index is 0.0205. The Bertz CT molecular complexity index is 637. The van der Waals surface area contributed by atoms with Crippen LogP contribution in [0, 0.1) is 0 Å². The number of aliphatic carboxylic acids is 1. The van der Waals surface area contributed by atoms with Crippen LogP contribution in [0.5, 0.6) is 0 Å². The van der Waals surface area contributed by atoms with Gasteiger partial charge in [-0.2, -0.15) is 0 Å². The number of fused-ring (bicyclic) bond motifs is 1. The summed E-state index contributed by atoms with van der Waals surface area (Å²) >= 11 is 0. The molecule has 0 spiro atoms. The fourth-order valence-corrected chi connectivity index (χ4v) is 1.96. The Morgan fingerprint density at radius 3 is 3.00 bits per heavy atom. The average molecular weight is 276 g/mol. The molecule has 1 aromatic heterocycles. The second kappa shape index (κ2) is 5.40. The molecule has 0 radical (unpaired) electrons. The summed E-state index contributed by atoms with van der Waals surface area (Å²) < 4.78 is 15.7. The van der Waals surface area contributed by atoms with Crippen molar-refractivity contribution in [1.82, 2.24) is 10.2 Å². The molecule has 1 N–H and O–H groups in total. The lowest BCUT2D eigenvalue weighted by Gasteiger charge is -1.99. The van der Waals surface area contributed by atoms with Crippen molar-refractivity contribution >= 4 is 5.97 Å². The summed E-state index contributed by atoms with van der Waals surface area (Å²) in [6.45, 7) is 0.806. The third-order valence-corrected chi connectivity index (χ3v) is 2.89. The molecule has 0 atom stereocenters. The Balaban J connectivity index is 1.71. The lowest BCUT2D eigenvalue weighted by molar-refractivity contribution is -0.142. The third kappa shape index (κ3) is 2.68. The van der Waals surface area contributed by atoms with E-state index in [4.69, 9.17) is 19.0 Å². The highest BCUT2D eigenvalue weighted by Gasteiger charge is 2.15. The molecular weight excluding hydrogens is 264 g/mol. The molecule has 1 aliphatic rings. The molecule has 1 aromatic carbocycles. The first-order chi connectivity index (χ1) is 9.72. The molecule has 7 heteroatoms. The SMILES string of the molecule is O=C(O)COCc1nnc(-c2ccc3c(c2)COC3)o1. The highest BCUT2D eigenvalue weighted by molar-refractivity contribution is 5.67. The molecule has 2 aromatic rings. The van der Waals surface area contributed by atoms with Gasteiger partial charge in [-0.15, -0.1) is 10.2 Å². The molecule has 0 amide bonds. The van der Waals surface area contributed by atoms with E-state index in [0.29, 0.717) is 19.1 Å². The standard InChI is InChI=1S/C13H12N2O5/c16-12(17)7-19-6-11-14-15-13(20-11)8-1-2-9-4-18-5-10(9)3-8/h1-3H,4-7H2,(H,16,17). The number of benzene rings is 1. The van der Waals surface area contributed by atoms with Gasteiger partial charge in [0, 0.05) is 5.56 Å². The largest absolute Gasteiger partial charge is 0.480 e. The molecule has 0 saturated heterocycles. The smallest absolute Gasteiger partial charge is 0.329 e. The van der Waals surface area contributed by atoms with Crippen molar-refractivity contribution < 1.29 is 23.8 Å². The van der Waals surface area contributed by atoms with Crippen LogP contribution in [0.4, 0.5) is 0 Å². The van der Waals surface area contributed by atoms with E-state index in [0.717, 1.165) is 11.1 Å². The lowest BCUT2D eigenvalue weighted by atomic mass is 10.1. The van der Waals surface area contributed by atoms with Gasteiger partial charge in [-0.1, -0.05) is 6.07 Å². The maximum atomic E-state index is 10.3. The van der Waals surface area contributed by atoms with Gasteiger partial charge < -0.3 is 19.0 Å². The van der Waals surface area contributed by atoms with Crippen LogP contribution in [0.1, 0.15) is 17.0 Å². The Morgan fingerprint density at radius 1 is 1.30 bits per heavy atom. The summed E-state index contributed by atoms with van der Waals surface area (Å²) in [6, 6.07) is 5.82. The van der Waals surface area contributed by atoms with E-state index in [9.17, 15) is 4.79 Å². The minimum atomic E-state index is -1.04. The van der Waals surface area contributed by atoms with Gasteiger partial charge in [-0.05, 0) is 23.3 Å². The van der Waals surface area contributed by atoms with E-state index >= 15 is 0 Å². The van der Waals surface area contributed by atoms with Crippen LogP contribution in [0.2, 0.25) is 0 Å². The van der Waals surface area contributed by atoms with Crippen molar-refractivity contribution in [1.29, 1.82) is 0 Å². The summed E-state index contributed by atoms with van der Waals surface area (Å²) in [5, 5.41) is 16.2. The topological polar surface area (TPSA) is 94.7 Å². The number of carboxylic acid groups (broad SMARTS) is 1. The molecule has 1 aliphatic heterocycles. The Hall–Kier alpha value is -2.25. The summed E-state index contributed by atoms with van der Waals surface area (Å²) in [7, 11) is 0. The zero-order valence-corrected chi connectivity index (χ0v) is 10.5. The van der Waals surface area contributed by atoms with Crippen LogP contribution in [-0.4, -0.2) is 27.9 Å². The van der Waals surface area contributed by atoms with Crippen LogP contribution < -0.4 is 0 Å². The molecule has 7 nitrogen and oxygen atoms in total. The molecule has 0 fully saturated rings. The van der Waals surface area contributed by atoms with E-state index < -0.39 is 12.6 Å². The van der Waals surface area contributed by atoms with Crippen LogP contribution in [0.3, 0.4) is 0 Å². The Morgan fingerprint density at radius 2 is 2.15 bits per heavy atom. The molecule has 2 heterocycles. The molecule has 0 bridgehead atoms. The van der Waals surface area contributed by atoms with Gasteiger partial charge in [0.15, 0.2) is 0 Å². The van der Waals surface area contributed by atoms with Crippen molar-refractivity contribution in [3.8, 4) is 11.5 Å². The number of rotatable bonds is 5. The monoisotopic (exact) mass is 276 g/mol. The third-order valence-electron chi connectivity index (χ3n) is 2.89. The van der Waals surface area contributed by atoms with E-state index in [1.165, 1.54) is 5.56 Å². The maximum absolute atomic E-state index is 10.3. The van der Waals surface area contributed by atoms with Crippen molar-refractivity contribution in [3.05, 3.63) is 35.2 Å². The summed E-state index contributed by atoms with van der Waals surface area (Å²) in [6.07, 6.45) is 0. The zero-order chi connectivity index (χ0) is 13.9. The second-order valence-electron chi connectivity index (χ2n) is 4.36. The fraction of sp³-hybridized carbons (Fsp3) is 0.308. The van der Waals surface area contributed by atoms with Crippen molar-refractivity contribution in [3.63, 3.8) is 0 Å². The normalized spacial score (nSPS) is 13.4. The van der Waals surface area contributed by atoms with Gasteiger partial charge in [-0.25, -0.2) is 4.79 Å². The molecule has 0 unspecified atom stereocenters. The van der Waals surface area contributed by atoms with Crippen molar-refractivity contribution in [2.24, 2.45) is 0 Å². The van der Waals surface area contributed by atoms with Crippen molar-refractivity contribution in [2.75, 3.05) is 6.61 Å². The maximum Gasteiger partial charge on any atom is 0.329 e. The summed E-state index contributed by atoms with van der Waals surface area (Å²) in [5.74, 6) is -0.407. The molecule has 20 heavy (non-hydrogen) atoms.